The number of carbonyl (C=O) groups is 1. The third-order valence-electron chi connectivity index (χ3n) is 6.18. The van der Waals surface area contributed by atoms with Gasteiger partial charge in [0.25, 0.3) is 0 Å². The van der Waals surface area contributed by atoms with Crippen LogP contribution < -0.4 is 10.2 Å². The predicted octanol–water partition coefficient (Wildman–Crippen LogP) is 2.80. The second-order valence-electron chi connectivity index (χ2n) is 8.92. The minimum absolute atomic E-state index is 0.158. The van der Waals surface area contributed by atoms with Crippen molar-refractivity contribution in [3.05, 3.63) is 23.8 Å². The van der Waals surface area contributed by atoms with Gasteiger partial charge in [0.15, 0.2) is 0 Å². The van der Waals surface area contributed by atoms with Crippen LogP contribution in [-0.2, 0) is 20.5 Å². The number of benzene rings is 1. The maximum Gasteiger partial charge on any atom is 0.494 e. The van der Waals surface area contributed by atoms with Gasteiger partial charge in [-0.1, -0.05) is 19.1 Å². The lowest BCUT2D eigenvalue weighted by Crippen LogP contribution is -2.41. The minimum Gasteiger partial charge on any atom is -0.496 e. The molecule has 3 rings (SSSR count). The van der Waals surface area contributed by atoms with Crippen molar-refractivity contribution in [3.8, 4) is 5.75 Å². The molecule has 1 amide bonds. The van der Waals surface area contributed by atoms with Crippen LogP contribution in [0.15, 0.2) is 18.2 Å². The Kier molecular flexibility index (Phi) is 5.60. The zero-order chi connectivity index (χ0) is 19.8. The standard InChI is InChI=1S/C21H32BNO4/c1-15-8-7-11-23(14-15)19(24)13-16-12-17(9-10-18(16)25-6)22-26-20(2,3)21(4,5)27-22/h9-10,12,15H,7-8,11,13-14H2,1-6H3. The molecule has 0 bridgehead atoms. The lowest BCUT2D eigenvalue weighted by Gasteiger charge is -2.32. The average molecular weight is 373 g/mol. The number of amides is 1. The maximum absolute atomic E-state index is 12.8. The first-order valence-corrected chi connectivity index (χ1v) is 9.93. The third kappa shape index (κ3) is 4.17. The topological polar surface area (TPSA) is 48.0 Å². The van der Waals surface area contributed by atoms with Crippen molar-refractivity contribution < 1.29 is 18.8 Å². The lowest BCUT2D eigenvalue weighted by atomic mass is 9.78. The van der Waals surface area contributed by atoms with Crippen LogP contribution in [-0.4, -0.2) is 49.3 Å². The fraction of sp³-hybridized carbons (Fsp3) is 0.667. The highest BCUT2D eigenvalue weighted by molar-refractivity contribution is 6.62. The molecule has 0 radical (unpaired) electrons. The Labute approximate surface area is 163 Å². The first kappa shape index (κ1) is 20.2. The van der Waals surface area contributed by atoms with E-state index in [-0.39, 0.29) is 5.91 Å². The Morgan fingerprint density at radius 2 is 1.93 bits per heavy atom. The number of nitrogens with zero attached hydrogens (tertiary/aromatic N) is 1. The van der Waals surface area contributed by atoms with Crippen LogP contribution in [0.25, 0.3) is 0 Å². The van der Waals surface area contributed by atoms with E-state index in [1.54, 1.807) is 7.11 Å². The molecule has 2 saturated heterocycles. The van der Waals surface area contributed by atoms with Crippen molar-refractivity contribution in [3.63, 3.8) is 0 Å². The highest BCUT2D eigenvalue weighted by atomic mass is 16.7. The number of likely N-dealkylation sites (tertiary alicyclic amines) is 1. The van der Waals surface area contributed by atoms with E-state index in [2.05, 4.69) is 6.92 Å². The molecule has 1 aromatic rings. The van der Waals surface area contributed by atoms with E-state index in [4.69, 9.17) is 14.0 Å². The Morgan fingerprint density at radius 3 is 2.52 bits per heavy atom. The van der Waals surface area contributed by atoms with Crippen molar-refractivity contribution in [2.45, 2.75) is 65.1 Å². The molecule has 1 atom stereocenters. The smallest absolute Gasteiger partial charge is 0.494 e. The highest BCUT2D eigenvalue weighted by Crippen LogP contribution is 2.36. The molecular weight excluding hydrogens is 341 g/mol. The molecule has 2 aliphatic rings. The molecule has 5 nitrogen and oxygen atoms in total. The number of hydrogen-bond donors (Lipinski definition) is 0. The summed E-state index contributed by atoms with van der Waals surface area (Å²) < 4.78 is 17.8. The van der Waals surface area contributed by atoms with Crippen molar-refractivity contribution in [1.29, 1.82) is 0 Å². The normalized spacial score (nSPS) is 24.1. The van der Waals surface area contributed by atoms with E-state index in [0.29, 0.717) is 12.3 Å². The largest absolute Gasteiger partial charge is 0.496 e. The molecular formula is C21H32BNO4. The second kappa shape index (κ2) is 7.48. The summed E-state index contributed by atoms with van der Waals surface area (Å²) in [5, 5.41) is 0. The molecule has 0 saturated carbocycles. The molecule has 0 spiro atoms. The van der Waals surface area contributed by atoms with E-state index in [9.17, 15) is 4.79 Å². The lowest BCUT2D eigenvalue weighted by molar-refractivity contribution is -0.132. The molecule has 1 aromatic carbocycles. The molecule has 148 valence electrons. The van der Waals surface area contributed by atoms with Gasteiger partial charge in [0.2, 0.25) is 5.91 Å². The van der Waals surface area contributed by atoms with Crippen LogP contribution in [0.1, 0.15) is 53.0 Å². The summed E-state index contributed by atoms with van der Waals surface area (Å²) in [6.45, 7) is 12.1. The third-order valence-corrected chi connectivity index (χ3v) is 6.18. The first-order valence-electron chi connectivity index (χ1n) is 9.93. The summed E-state index contributed by atoms with van der Waals surface area (Å²) in [5.74, 6) is 1.46. The fourth-order valence-corrected chi connectivity index (χ4v) is 3.75. The molecule has 27 heavy (non-hydrogen) atoms. The van der Waals surface area contributed by atoms with Gasteiger partial charge in [-0.2, -0.15) is 0 Å². The van der Waals surface area contributed by atoms with Crippen LogP contribution in [0, 0.1) is 5.92 Å². The molecule has 0 aromatic heterocycles. The molecule has 1 unspecified atom stereocenters. The summed E-state index contributed by atoms with van der Waals surface area (Å²) in [7, 11) is 1.20. The van der Waals surface area contributed by atoms with Crippen LogP contribution in [0.5, 0.6) is 5.75 Å². The molecule has 2 aliphatic heterocycles. The van der Waals surface area contributed by atoms with Gasteiger partial charge in [-0.25, -0.2) is 0 Å². The van der Waals surface area contributed by atoms with Gasteiger partial charge in [0.1, 0.15) is 5.75 Å². The Bertz CT molecular complexity index is 687. The second-order valence-corrected chi connectivity index (χ2v) is 8.92. The number of rotatable bonds is 4. The van der Waals surface area contributed by atoms with Gasteiger partial charge < -0.3 is 18.9 Å². The molecule has 2 fully saturated rings. The molecule has 0 N–H and O–H groups in total. The van der Waals surface area contributed by atoms with Gasteiger partial charge in [-0.15, -0.1) is 0 Å². The van der Waals surface area contributed by atoms with Crippen molar-refractivity contribution in [2.75, 3.05) is 20.2 Å². The Morgan fingerprint density at radius 1 is 1.26 bits per heavy atom. The Hall–Kier alpha value is -1.53. The number of methoxy groups -OCH3 is 1. The number of ether oxygens (including phenoxy) is 1. The zero-order valence-electron chi connectivity index (χ0n) is 17.5. The summed E-state index contributed by atoms with van der Waals surface area (Å²) in [6.07, 6.45) is 2.62. The maximum atomic E-state index is 12.8. The number of hydrogen-bond acceptors (Lipinski definition) is 4. The highest BCUT2D eigenvalue weighted by Gasteiger charge is 2.51. The summed E-state index contributed by atoms with van der Waals surface area (Å²) in [6, 6.07) is 5.85. The number of carbonyl (C=O) groups excluding carboxylic acids is 1. The number of piperidine rings is 1. The van der Waals surface area contributed by atoms with E-state index in [1.807, 2.05) is 50.8 Å². The van der Waals surface area contributed by atoms with Gasteiger partial charge >= 0.3 is 7.12 Å². The van der Waals surface area contributed by atoms with Crippen LogP contribution in [0.4, 0.5) is 0 Å². The van der Waals surface area contributed by atoms with Gasteiger partial charge in [-0.3, -0.25) is 4.79 Å². The fourth-order valence-electron chi connectivity index (χ4n) is 3.75. The molecule has 2 heterocycles. The summed E-state index contributed by atoms with van der Waals surface area (Å²) in [5.41, 5.74) is 1.02. The van der Waals surface area contributed by atoms with Crippen LogP contribution in [0.3, 0.4) is 0 Å². The van der Waals surface area contributed by atoms with E-state index < -0.39 is 18.3 Å². The van der Waals surface area contributed by atoms with Gasteiger partial charge in [0, 0.05) is 18.7 Å². The monoisotopic (exact) mass is 373 g/mol. The van der Waals surface area contributed by atoms with Crippen molar-refractivity contribution in [2.24, 2.45) is 5.92 Å². The van der Waals surface area contributed by atoms with Crippen LogP contribution >= 0.6 is 0 Å². The average Bonchev–Trinajstić information content (AvgIpc) is 2.82. The van der Waals surface area contributed by atoms with Crippen LogP contribution in [0.2, 0.25) is 0 Å². The van der Waals surface area contributed by atoms with E-state index in [1.165, 1.54) is 6.42 Å². The SMILES string of the molecule is COc1ccc(B2OC(C)(C)C(C)(C)O2)cc1CC(=O)N1CCCC(C)C1. The predicted molar refractivity (Wildman–Crippen MR) is 107 cm³/mol. The minimum atomic E-state index is -0.440. The van der Waals surface area contributed by atoms with E-state index in [0.717, 1.165) is 36.3 Å². The first-order chi connectivity index (χ1) is 12.6. The van der Waals surface area contributed by atoms with Gasteiger partial charge in [-0.05, 0) is 58.0 Å². The summed E-state index contributed by atoms with van der Waals surface area (Å²) >= 11 is 0. The van der Waals surface area contributed by atoms with Crippen molar-refractivity contribution >= 4 is 18.5 Å². The quantitative estimate of drug-likeness (QED) is 0.762. The van der Waals surface area contributed by atoms with Gasteiger partial charge in [0.05, 0.1) is 24.7 Å². The Balaban J connectivity index is 1.79. The van der Waals surface area contributed by atoms with Crippen molar-refractivity contribution in [1.82, 2.24) is 4.90 Å². The molecule has 0 aliphatic carbocycles. The zero-order valence-corrected chi connectivity index (χ0v) is 17.5. The summed E-state index contributed by atoms with van der Waals surface area (Å²) in [4.78, 5) is 14.8. The molecule has 6 heteroatoms. The van der Waals surface area contributed by atoms with E-state index >= 15 is 0 Å².